The molecule has 0 radical (unpaired) electrons. The molecule has 25 heavy (non-hydrogen) atoms. The van der Waals surface area contributed by atoms with Gasteiger partial charge >= 0.3 is 0 Å². The summed E-state index contributed by atoms with van der Waals surface area (Å²) in [5.74, 6) is -1.54. The number of aliphatic hydroxyl groups excluding tert-OH is 2. The maximum Gasteiger partial charge on any atom is 0.139 e. The van der Waals surface area contributed by atoms with Gasteiger partial charge in [0.15, 0.2) is 0 Å². The molecule has 1 saturated carbocycles. The third-order valence-corrected chi connectivity index (χ3v) is 4.70. The van der Waals surface area contributed by atoms with Crippen molar-refractivity contribution in [2.75, 3.05) is 0 Å². The van der Waals surface area contributed by atoms with E-state index in [2.05, 4.69) is 6.92 Å². The van der Waals surface area contributed by atoms with E-state index in [0.717, 1.165) is 19.3 Å². The van der Waals surface area contributed by atoms with Gasteiger partial charge in [0.1, 0.15) is 5.78 Å². The molecule has 0 bridgehead atoms. The number of carboxylic acids is 1. The van der Waals surface area contributed by atoms with E-state index in [0.29, 0.717) is 25.7 Å². The fraction of sp³-hybridized carbons (Fsp3) is 0.700. The molecule has 142 valence electrons. The lowest BCUT2D eigenvalue weighted by atomic mass is 9.90. The van der Waals surface area contributed by atoms with Gasteiger partial charge in [-0.3, -0.25) is 4.79 Å². The second kappa shape index (κ2) is 12.0. The van der Waals surface area contributed by atoms with Crippen LogP contribution in [0.5, 0.6) is 0 Å². The number of carbonyl (C=O) groups is 2. The van der Waals surface area contributed by atoms with Crippen LogP contribution in [0.25, 0.3) is 0 Å². The molecule has 0 amide bonds. The van der Waals surface area contributed by atoms with Gasteiger partial charge in [-0.2, -0.15) is 0 Å². The van der Waals surface area contributed by atoms with Gasteiger partial charge in [-0.1, -0.05) is 50.5 Å². The number of allylic oxidation sites excluding steroid dienone is 2. The lowest BCUT2D eigenvalue weighted by molar-refractivity contribution is -0.305. The van der Waals surface area contributed by atoms with E-state index in [1.54, 1.807) is 12.2 Å². The number of carbonyl (C=O) groups excluding carboxylic acids is 2. The van der Waals surface area contributed by atoms with Crippen LogP contribution >= 0.6 is 0 Å². The highest BCUT2D eigenvalue weighted by molar-refractivity contribution is 5.84. The first-order valence-electron chi connectivity index (χ1n) is 9.37. The monoisotopic (exact) mass is 351 g/mol. The predicted molar refractivity (Wildman–Crippen MR) is 94.5 cm³/mol. The molecule has 5 heteroatoms. The summed E-state index contributed by atoms with van der Waals surface area (Å²) in [6.45, 7) is 2.11. The maximum absolute atomic E-state index is 12.1. The number of unbranched alkanes of at least 4 members (excludes halogenated alkanes) is 3. The summed E-state index contributed by atoms with van der Waals surface area (Å²) in [7, 11) is 0. The summed E-state index contributed by atoms with van der Waals surface area (Å²) in [6.07, 6.45) is 11.8. The van der Waals surface area contributed by atoms with Crippen molar-refractivity contribution in [1.29, 1.82) is 0 Å². The minimum atomic E-state index is -1.05. The second-order valence-electron chi connectivity index (χ2n) is 6.84. The van der Waals surface area contributed by atoms with Gasteiger partial charge in [0.05, 0.1) is 12.2 Å². The van der Waals surface area contributed by atoms with E-state index in [9.17, 15) is 24.9 Å². The van der Waals surface area contributed by atoms with E-state index in [1.807, 2.05) is 12.2 Å². The van der Waals surface area contributed by atoms with E-state index in [4.69, 9.17) is 0 Å². The first-order chi connectivity index (χ1) is 12.0. The molecule has 4 atom stereocenters. The molecular weight excluding hydrogens is 320 g/mol. The summed E-state index contributed by atoms with van der Waals surface area (Å²) in [5.41, 5.74) is 0. The fourth-order valence-electron chi connectivity index (χ4n) is 3.21. The van der Waals surface area contributed by atoms with Crippen molar-refractivity contribution in [3.63, 3.8) is 0 Å². The van der Waals surface area contributed by atoms with Crippen LogP contribution in [0.4, 0.5) is 0 Å². The van der Waals surface area contributed by atoms with Crippen molar-refractivity contribution < 1.29 is 24.9 Å². The summed E-state index contributed by atoms with van der Waals surface area (Å²) < 4.78 is 0. The molecule has 2 N–H and O–H groups in total. The quantitative estimate of drug-likeness (QED) is 0.413. The lowest BCUT2D eigenvalue weighted by Crippen LogP contribution is -2.21. The Labute approximate surface area is 150 Å². The third kappa shape index (κ3) is 8.45. The minimum Gasteiger partial charge on any atom is -0.550 e. The third-order valence-electron chi connectivity index (χ3n) is 4.70. The molecule has 0 unspecified atom stereocenters. The number of hydrogen-bond donors (Lipinski definition) is 2. The van der Waals surface area contributed by atoms with Crippen LogP contribution < -0.4 is 5.11 Å². The molecule has 1 aliphatic rings. The van der Waals surface area contributed by atoms with Gasteiger partial charge in [0.25, 0.3) is 0 Å². The minimum absolute atomic E-state index is 0.0344. The Morgan fingerprint density at radius 2 is 2.08 bits per heavy atom. The Hall–Kier alpha value is -1.46. The van der Waals surface area contributed by atoms with Gasteiger partial charge in [-0.25, -0.2) is 0 Å². The number of ketones is 1. The molecule has 0 aliphatic heterocycles. The van der Waals surface area contributed by atoms with Gasteiger partial charge < -0.3 is 20.1 Å². The smallest absolute Gasteiger partial charge is 0.139 e. The van der Waals surface area contributed by atoms with E-state index >= 15 is 0 Å². The zero-order chi connectivity index (χ0) is 18.7. The largest absolute Gasteiger partial charge is 0.550 e. The number of hydrogen-bond acceptors (Lipinski definition) is 5. The van der Waals surface area contributed by atoms with Gasteiger partial charge in [0.2, 0.25) is 0 Å². The standard InChI is InChI=1S/C20H32O5/c1-2-3-6-9-15(21)12-13-17-16(18(22)14-19(17)23)10-7-4-5-8-11-20(24)25/h4,7,12-13,15-17,19,21,23H,2-3,5-6,8-11,14H2,1H3,(H,24,25)/p-1/b7-4-,13-12+/t15-,16-,17+,19+/m0/s1. The highest BCUT2D eigenvalue weighted by Crippen LogP contribution is 2.33. The van der Waals surface area contributed by atoms with Crippen LogP contribution in [-0.4, -0.2) is 34.2 Å². The molecule has 0 saturated heterocycles. The highest BCUT2D eigenvalue weighted by atomic mass is 16.4. The van der Waals surface area contributed by atoms with Crippen molar-refractivity contribution in [3.8, 4) is 0 Å². The van der Waals surface area contributed by atoms with Crippen molar-refractivity contribution >= 4 is 11.8 Å². The van der Waals surface area contributed by atoms with Crippen LogP contribution in [0.3, 0.4) is 0 Å². The van der Waals surface area contributed by atoms with E-state index in [1.165, 1.54) is 0 Å². The maximum atomic E-state index is 12.1. The van der Waals surface area contributed by atoms with Crippen molar-refractivity contribution in [1.82, 2.24) is 0 Å². The summed E-state index contributed by atoms with van der Waals surface area (Å²) in [4.78, 5) is 22.4. The lowest BCUT2D eigenvalue weighted by Gasteiger charge is -2.16. The molecule has 0 spiro atoms. The summed E-state index contributed by atoms with van der Waals surface area (Å²) in [6, 6.07) is 0. The Bertz CT molecular complexity index is 469. The molecule has 0 aromatic heterocycles. The van der Waals surface area contributed by atoms with Crippen LogP contribution in [0.1, 0.15) is 64.7 Å². The molecule has 1 rings (SSSR count). The van der Waals surface area contributed by atoms with Crippen LogP contribution in [-0.2, 0) is 9.59 Å². The average Bonchev–Trinajstić information content (AvgIpc) is 2.82. The SMILES string of the molecule is CCCCC[C@H](O)/C=C/[C@H]1[C@H](O)CC(=O)[C@H]1C/C=C\CCCC(=O)[O-]. The molecule has 1 fully saturated rings. The van der Waals surface area contributed by atoms with Crippen LogP contribution in [0.15, 0.2) is 24.3 Å². The van der Waals surface area contributed by atoms with Gasteiger partial charge in [0, 0.05) is 24.2 Å². The Balaban J connectivity index is 2.48. The zero-order valence-electron chi connectivity index (χ0n) is 15.1. The second-order valence-corrected chi connectivity index (χ2v) is 6.84. The van der Waals surface area contributed by atoms with E-state index in [-0.39, 0.29) is 30.5 Å². The predicted octanol–water partition coefficient (Wildman–Crippen LogP) is 1.92. The number of Topliss-reactive ketones (excluding diaryl/α,β-unsaturated/α-hetero) is 1. The number of rotatable bonds is 12. The normalized spacial score (nSPS) is 25.2. The number of aliphatic hydroxyl groups is 2. The summed E-state index contributed by atoms with van der Waals surface area (Å²) in [5, 5.41) is 30.4. The Kier molecular flexibility index (Phi) is 10.3. The zero-order valence-corrected chi connectivity index (χ0v) is 15.1. The molecule has 5 nitrogen and oxygen atoms in total. The first kappa shape index (κ1) is 21.6. The average molecular weight is 351 g/mol. The Morgan fingerprint density at radius 1 is 1.32 bits per heavy atom. The molecule has 1 aliphatic carbocycles. The number of aliphatic carboxylic acids is 1. The van der Waals surface area contributed by atoms with Crippen molar-refractivity contribution in [2.24, 2.45) is 11.8 Å². The number of carboxylic acid groups (broad SMARTS) is 1. The topological polar surface area (TPSA) is 97.7 Å². The van der Waals surface area contributed by atoms with Gasteiger partial charge in [-0.05, 0) is 32.1 Å². The molecule has 0 aromatic rings. The highest BCUT2D eigenvalue weighted by Gasteiger charge is 2.39. The van der Waals surface area contributed by atoms with E-state index < -0.39 is 18.2 Å². The molecule has 0 aromatic carbocycles. The van der Waals surface area contributed by atoms with Crippen LogP contribution in [0.2, 0.25) is 0 Å². The molecule has 0 heterocycles. The Morgan fingerprint density at radius 3 is 2.76 bits per heavy atom. The van der Waals surface area contributed by atoms with Gasteiger partial charge in [-0.15, -0.1) is 0 Å². The van der Waals surface area contributed by atoms with Crippen molar-refractivity contribution in [2.45, 2.75) is 76.9 Å². The van der Waals surface area contributed by atoms with Crippen LogP contribution in [0, 0.1) is 11.8 Å². The molecular formula is C20H31O5-. The summed E-state index contributed by atoms with van der Waals surface area (Å²) >= 11 is 0. The first-order valence-corrected chi connectivity index (χ1v) is 9.37. The van der Waals surface area contributed by atoms with Crippen molar-refractivity contribution in [3.05, 3.63) is 24.3 Å². The fourth-order valence-corrected chi connectivity index (χ4v) is 3.21.